The van der Waals surface area contributed by atoms with Gasteiger partial charge in [-0.05, 0) is 0 Å². The molecule has 0 radical (unpaired) electrons. The van der Waals surface area contributed by atoms with Crippen LogP contribution in [0.1, 0.15) is 0 Å². The van der Waals surface area contributed by atoms with E-state index < -0.39 is 0 Å². The van der Waals surface area contributed by atoms with E-state index in [0.29, 0.717) is 11.2 Å². The molecule has 0 N–H and O–H groups in total. The lowest BCUT2D eigenvalue weighted by molar-refractivity contribution is 1.00. The van der Waals surface area contributed by atoms with Crippen molar-refractivity contribution >= 4 is 22.9 Å². The molecule has 0 spiro atoms. The maximum atomic E-state index is 5.51. The quantitative estimate of drug-likeness (QED) is 0.565. The van der Waals surface area contributed by atoms with Crippen molar-refractivity contribution in [3.63, 3.8) is 0 Å². The molecule has 2 aromatic rings. The van der Waals surface area contributed by atoms with Gasteiger partial charge in [0.05, 0.1) is 6.20 Å². The first-order valence-electron chi connectivity index (χ1n) is 2.69. The lowest BCUT2D eigenvalue weighted by Gasteiger charge is -1.79. The zero-order valence-corrected chi connectivity index (χ0v) is 5.65. The van der Waals surface area contributed by atoms with Gasteiger partial charge in [-0.3, -0.25) is 0 Å². The first-order chi connectivity index (χ1) is 4.86. The van der Waals surface area contributed by atoms with Gasteiger partial charge in [0.15, 0.2) is 0 Å². The van der Waals surface area contributed by atoms with Crippen LogP contribution in [0.4, 0.5) is 0 Å². The van der Waals surface area contributed by atoms with Gasteiger partial charge in [-0.25, -0.2) is 9.97 Å². The molecule has 2 rings (SSSR count). The molecule has 0 fully saturated rings. The highest BCUT2D eigenvalue weighted by Gasteiger charge is 1.97. The van der Waals surface area contributed by atoms with Crippen LogP contribution in [0.25, 0.3) is 11.2 Å². The van der Waals surface area contributed by atoms with Gasteiger partial charge in [-0.2, -0.15) is 4.20 Å². The normalized spacial score (nSPS) is 10.5. The molecule has 2 aromatic heterocycles. The third kappa shape index (κ3) is 0.733. The summed E-state index contributed by atoms with van der Waals surface area (Å²) in [4.78, 5) is 7.89. The maximum absolute atomic E-state index is 5.51. The minimum atomic E-state index is 0.567. The molecule has 2 heterocycles. The van der Waals surface area contributed by atoms with Crippen LogP contribution in [0.5, 0.6) is 0 Å². The largest absolute Gasteiger partial charge is 0.250 e. The number of hydrogen-bond donors (Lipinski definition) is 0. The Morgan fingerprint density at radius 2 is 2.10 bits per heavy atom. The Bertz CT molecular complexity index is 322. The predicted octanol–water partition coefficient (Wildman–Crippen LogP) is 0.828. The summed E-state index contributed by atoms with van der Waals surface area (Å²) in [6, 6.07) is 0. The van der Waals surface area contributed by atoms with E-state index in [1.807, 2.05) is 0 Å². The molecule has 0 aromatic carbocycles. The van der Waals surface area contributed by atoms with Crippen molar-refractivity contribution in [1.82, 2.24) is 19.3 Å². The van der Waals surface area contributed by atoms with Gasteiger partial charge in [0.1, 0.15) is 5.52 Å². The Morgan fingerprint density at radius 1 is 1.30 bits per heavy atom. The monoisotopic (exact) mass is 154 g/mol. The van der Waals surface area contributed by atoms with Crippen LogP contribution in [0.3, 0.4) is 0 Å². The van der Waals surface area contributed by atoms with E-state index in [-0.39, 0.29) is 0 Å². The van der Waals surface area contributed by atoms with Crippen LogP contribution in [0.15, 0.2) is 18.6 Å². The summed E-state index contributed by atoms with van der Waals surface area (Å²) >= 11 is 5.51. The Balaban J connectivity index is 2.88. The van der Waals surface area contributed by atoms with Gasteiger partial charge >= 0.3 is 0 Å². The second-order valence-electron chi connectivity index (χ2n) is 1.78. The highest BCUT2D eigenvalue weighted by atomic mass is 35.5. The molecule has 4 nitrogen and oxygen atoms in total. The van der Waals surface area contributed by atoms with Crippen molar-refractivity contribution in [3.05, 3.63) is 18.6 Å². The second kappa shape index (κ2) is 1.91. The number of halogens is 1. The van der Waals surface area contributed by atoms with Gasteiger partial charge in [0.25, 0.3) is 0 Å². The number of rotatable bonds is 0. The lowest BCUT2D eigenvalue weighted by Crippen LogP contribution is -1.78. The molecule has 0 unspecified atom stereocenters. The Labute approximate surface area is 61.6 Å². The van der Waals surface area contributed by atoms with Gasteiger partial charge in [-0.15, -0.1) is 5.10 Å². The van der Waals surface area contributed by atoms with Gasteiger partial charge < -0.3 is 0 Å². The Kier molecular flexibility index (Phi) is 1.07. The van der Waals surface area contributed by atoms with Crippen LogP contribution in [0.2, 0.25) is 0 Å². The molecule has 0 saturated heterocycles. The van der Waals surface area contributed by atoms with Crippen molar-refractivity contribution in [2.24, 2.45) is 0 Å². The molecule has 10 heavy (non-hydrogen) atoms. The average Bonchev–Trinajstić information content (AvgIpc) is 2.27. The minimum Gasteiger partial charge on any atom is -0.250 e. The van der Waals surface area contributed by atoms with E-state index >= 15 is 0 Å². The van der Waals surface area contributed by atoms with Gasteiger partial charge in [-0.1, -0.05) is 0 Å². The number of aromatic nitrogens is 4. The van der Waals surface area contributed by atoms with E-state index in [0.717, 1.165) is 0 Å². The molecule has 0 aliphatic heterocycles. The maximum Gasteiger partial charge on any atom is 0.201 e. The van der Waals surface area contributed by atoms with Crippen molar-refractivity contribution in [3.8, 4) is 0 Å². The summed E-state index contributed by atoms with van der Waals surface area (Å²) < 4.78 is 1.17. The lowest BCUT2D eigenvalue weighted by atomic mass is 10.6. The fourth-order valence-corrected chi connectivity index (χ4v) is 0.894. The zero-order chi connectivity index (χ0) is 6.97. The molecule has 5 heteroatoms. The number of fused-ring (bicyclic) bond motifs is 1. The smallest absolute Gasteiger partial charge is 0.201 e. The van der Waals surface area contributed by atoms with Crippen molar-refractivity contribution in [2.75, 3.05) is 0 Å². The Morgan fingerprint density at radius 3 is 2.90 bits per heavy atom. The third-order valence-electron chi connectivity index (χ3n) is 1.13. The predicted molar refractivity (Wildman–Crippen MR) is 36.6 cm³/mol. The number of nitrogens with zero attached hydrogens (tertiary/aromatic N) is 4. The van der Waals surface area contributed by atoms with Crippen LogP contribution in [-0.4, -0.2) is 19.3 Å². The van der Waals surface area contributed by atoms with E-state index in [1.54, 1.807) is 18.6 Å². The summed E-state index contributed by atoms with van der Waals surface area (Å²) in [6.07, 6.45) is 4.77. The molecule has 50 valence electrons. The average molecular weight is 155 g/mol. The molecule has 0 aliphatic rings. The molecule has 0 amide bonds. The van der Waals surface area contributed by atoms with E-state index in [1.165, 1.54) is 4.20 Å². The summed E-state index contributed by atoms with van der Waals surface area (Å²) in [5, 5.41) is 3.82. The molecule has 0 aliphatic carbocycles. The molecular formula is C5H3ClN4. The molecule has 0 bridgehead atoms. The first-order valence-corrected chi connectivity index (χ1v) is 3.02. The SMILES string of the molecule is Cln1cc2nccnc2n1. The zero-order valence-electron chi connectivity index (χ0n) is 4.90. The summed E-state index contributed by atoms with van der Waals surface area (Å²) in [7, 11) is 0. The fourth-order valence-electron chi connectivity index (χ4n) is 0.730. The molecule has 0 atom stereocenters. The van der Waals surface area contributed by atoms with Crippen LogP contribution >= 0.6 is 11.8 Å². The fraction of sp³-hybridized carbons (Fsp3) is 0. The third-order valence-corrected chi connectivity index (χ3v) is 1.30. The standard InChI is InChI=1S/C5H3ClN4/c6-10-3-4-5(9-10)8-2-1-7-4/h1-3H. The van der Waals surface area contributed by atoms with E-state index in [4.69, 9.17) is 11.8 Å². The van der Waals surface area contributed by atoms with Crippen LogP contribution in [0, 0.1) is 0 Å². The van der Waals surface area contributed by atoms with Crippen molar-refractivity contribution < 1.29 is 0 Å². The summed E-state index contributed by atoms with van der Waals surface area (Å²) in [5.74, 6) is 0. The summed E-state index contributed by atoms with van der Waals surface area (Å²) in [5.41, 5.74) is 1.27. The van der Waals surface area contributed by atoms with Crippen molar-refractivity contribution in [1.29, 1.82) is 0 Å². The highest BCUT2D eigenvalue weighted by Crippen LogP contribution is 2.04. The molecule has 0 saturated carbocycles. The minimum absolute atomic E-state index is 0.567. The summed E-state index contributed by atoms with van der Waals surface area (Å²) in [6.45, 7) is 0. The van der Waals surface area contributed by atoms with Crippen LogP contribution in [-0.2, 0) is 0 Å². The topological polar surface area (TPSA) is 43.6 Å². The number of hydrogen-bond acceptors (Lipinski definition) is 3. The highest BCUT2D eigenvalue weighted by molar-refractivity contribution is 6.15. The van der Waals surface area contributed by atoms with Crippen LogP contribution < -0.4 is 0 Å². The van der Waals surface area contributed by atoms with Crippen molar-refractivity contribution in [2.45, 2.75) is 0 Å². The van der Waals surface area contributed by atoms with Gasteiger partial charge in [0.2, 0.25) is 5.65 Å². The van der Waals surface area contributed by atoms with Gasteiger partial charge in [0, 0.05) is 24.2 Å². The first kappa shape index (κ1) is 5.61. The van der Waals surface area contributed by atoms with E-state index in [2.05, 4.69) is 15.1 Å². The van der Waals surface area contributed by atoms with E-state index in [9.17, 15) is 0 Å². The second-order valence-corrected chi connectivity index (χ2v) is 2.13. The Hall–Kier alpha value is -1.16. The molecular weight excluding hydrogens is 152 g/mol.